The summed E-state index contributed by atoms with van der Waals surface area (Å²) in [5.74, 6) is 0. The van der Waals surface area contributed by atoms with Crippen LogP contribution in [0.5, 0.6) is 0 Å². The molecule has 0 aliphatic carbocycles. The van der Waals surface area contributed by atoms with Gasteiger partial charge in [-0.15, -0.1) is 0 Å². The standard InChI is InChI=1S/C18H20N2O/c1-14(2)19-13-17(15-9-5-3-6-10-15)20(18(19)21)16-11-7-4-8-12-16/h3-12,14,17H,13H2,1-2H3. The average Bonchev–Trinajstić information content (AvgIpc) is 2.87. The number of carbonyl (C=O) groups is 1. The Morgan fingerprint density at radius 2 is 1.52 bits per heavy atom. The van der Waals surface area contributed by atoms with E-state index in [-0.39, 0.29) is 18.1 Å². The first-order valence-corrected chi connectivity index (χ1v) is 7.38. The van der Waals surface area contributed by atoms with Crippen LogP contribution in [0.1, 0.15) is 25.5 Å². The Balaban J connectivity index is 2.02. The second-order valence-corrected chi connectivity index (χ2v) is 5.66. The van der Waals surface area contributed by atoms with Crippen molar-refractivity contribution in [3.05, 3.63) is 66.2 Å². The molecule has 0 spiro atoms. The fraction of sp³-hybridized carbons (Fsp3) is 0.278. The molecule has 0 radical (unpaired) electrons. The van der Waals surface area contributed by atoms with E-state index in [2.05, 4.69) is 26.0 Å². The Bertz CT molecular complexity index is 610. The topological polar surface area (TPSA) is 23.6 Å². The number of amides is 2. The zero-order valence-electron chi connectivity index (χ0n) is 12.4. The highest BCUT2D eigenvalue weighted by molar-refractivity contribution is 5.95. The second-order valence-electron chi connectivity index (χ2n) is 5.66. The molecular weight excluding hydrogens is 260 g/mol. The minimum Gasteiger partial charge on any atom is -0.319 e. The number of benzene rings is 2. The van der Waals surface area contributed by atoms with E-state index in [1.54, 1.807) is 0 Å². The maximum Gasteiger partial charge on any atom is 0.325 e. The minimum atomic E-state index is 0.0727. The predicted octanol–water partition coefficient (Wildman–Crippen LogP) is 4.08. The molecule has 3 rings (SSSR count). The van der Waals surface area contributed by atoms with Crippen LogP contribution in [-0.4, -0.2) is 23.5 Å². The highest BCUT2D eigenvalue weighted by atomic mass is 16.2. The Morgan fingerprint density at radius 1 is 0.952 bits per heavy atom. The Morgan fingerprint density at radius 3 is 2.10 bits per heavy atom. The molecule has 1 aliphatic heterocycles. The number of anilines is 1. The predicted molar refractivity (Wildman–Crippen MR) is 85.3 cm³/mol. The number of hydrogen-bond donors (Lipinski definition) is 0. The molecule has 3 heteroatoms. The Labute approximate surface area is 125 Å². The van der Waals surface area contributed by atoms with E-state index in [4.69, 9.17) is 0 Å². The smallest absolute Gasteiger partial charge is 0.319 e. The normalized spacial score (nSPS) is 18.6. The molecule has 1 fully saturated rings. The highest BCUT2D eigenvalue weighted by Crippen LogP contribution is 2.35. The summed E-state index contributed by atoms with van der Waals surface area (Å²) in [5.41, 5.74) is 2.14. The van der Waals surface area contributed by atoms with Crippen molar-refractivity contribution in [2.75, 3.05) is 11.4 Å². The van der Waals surface area contributed by atoms with Crippen molar-refractivity contribution in [3.63, 3.8) is 0 Å². The molecule has 108 valence electrons. The van der Waals surface area contributed by atoms with Gasteiger partial charge in [0.1, 0.15) is 0 Å². The summed E-state index contributed by atoms with van der Waals surface area (Å²) < 4.78 is 0. The van der Waals surface area contributed by atoms with Gasteiger partial charge in [-0.05, 0) is 31.5 Å². The number of rotatable bonds is 3. The monoisotopic (exact) mass is 280 g/mol. The summed E-state index contributed by atoms with van der Waals surface area (Å²) in [6.07, 6.45) is 0. The van der Waals surface area contributed by atoms with E-state index in [1.807, 2.05) is 58.3 Å². The molecule has 2 aromatic carbocycles. The molecule has 1 unspecified atom stereocenters. The third-order valence-corrected chi connectivity index (χ3v) is 3.98. The van der Waals surface area contributed by atoms with Crippen molar-refractivity contribution in [2.24, 2.45) is 0 Å². The molecular formula is C18H20N2O. The molecule has 0 N–H and O–H groups in total. The van der Waals surface area contributed by atoms with Crippen LogP contribution in [0.25, 0.3) is 0 Å². The molecule has 2 aromatic rings. The first-order chi connectivity index (χ1) is 10.2. The van der Waals surface area contributed by atoms with Gasteiger partial charge in [-0.3, -0.25) is 4.90 Å². The number of carbonyl (C=O) groups excluding carboxylic acids is 1. The van der Waals surface area contributed by atoms with Gasteiger partial charge in [0, 0.05) is 18.3 Å². The van der Waals surface area contributed by atoms with Gasteiger partial charge in [0.15, 0.2) is 0 Å². The van der Waals surface area contributed by atoms with Gasteiger partial charge in [-0.25, -0.2) is 4.79 Å². The van der Waals surface area contributed by atoms with Gasteiger partial charge in [0.05, 0.1) is 6.04 Å². The second kappa shape index (κ2) is 5.60. The SMILES string of the molecule is CC(C)N1CC(c2ccccc2)N(c2ccccc2)C1=O. The molecule has 1 saturated heterocycles. The van der Waals surface area contributed by atoms with Crippen LogP contribution < -0.4 is 4.90 Å². The van der Waals surface area contributed by atoms with Gasteiger partial charge in [-0.1, -0.05) is 48.5 Å². The summed E-state index contributed by atoms with van der Waals surface area (Å²) in [5, 5.41) is 0. The first kappa shape index (κ1) is 13.7. The summed E-state index contributed by atoms with van der Waals surface area (Å²) in [6, 6.07) is 20.5. The zero-order chi connectivity index (χ0) is 14.8. The van der Waals surface area contributed by atoms with E-state index in [0.29, 0.717) is 0 Å². The number of nitrogens with zero attached hydrogens (tertiary/aromatic N) is 2. The third kappa shape index (κ3) is 2.51. The lowest BCUT2D eigenvalue weighted by atomic mass is 10.1. The highest BCUT2D eigenvalue weighted by Gasteiger charge is 2.39. The van der Waals surface area contributed by atoms with Crippen LogP contribution in [0.4, 0.5) is 10.5 Å². The maximum absolute atomic E-state index is 12.8. The van der Waals surface area contributed by atoms with Gasteiger partial charge < -0.3 is 4.90 Å². The summed E-state index contributed by atoms with van der Waals surface area (Å²) in [4.78, 5) is 16.6. The molecule has 0 aromatic heterocycles. The lowest BCUT2D eigenvalue weighted by molar-refractivity contribution is 0.208. The van der Waals surface area contributed by atoms with Gasteiger partial charge in [-0.2, -0.15) is 0 Å². The van der Waals surface area contributed by atoms with Crippen LogP contribution in [0.3, 0.4) is 0 Å². The van der Waals surface area contributed by atoms with Crippen molar-refractivity contribution in [1.82, 2.24) is 4.90 Å². The van der Waals surface area contributed by atoms with Gasteiger partial charge in [0.2, 0.25) is 0 Å². The van der Waals surface area contributed by atoms with Crippen LogP contribution in [0.2, 0.25) is 0 Å². The molecule has 1 aliphatic rings. The number of urea groups is 1. The average molecular weight is 280 g/mol. The fourth-order valence-electron chi connectivity index (χ4n) is 2.86. The van der Waals surface area contributed by atoms with E-state index < -0.39 is 0 Å². The van der Waals surface area contributed by atoms with Crippen LogP contribution >= 0.6 is 0 Å². The first-order valence-electron chi connectivity index (χ1n) is 7.38. The van der Waals surface area contributed by atoms with Crippen LogP contribution in [-0.2, 0) is 0 Å². The van der Waals surface area contributed by atoms with Crippen molar-refractivity contribution in [1.29, 1.82) is 0 Å². The van der Waals surface area contributed by atoms with Crippen molar-refractivity contribution >= 4 is 11.7 Å². The molecule has 0 bridgehead atoms. The quantitative estimate of drug-likeness (QED) is 0.831. The number of para-hydroxylation sites is 1. The molecule has 1 heterocycles. The van der Waals surface area contributed by atoms with E-state index in [1.165, 1.54) is 5.56 Å². The molecule has 21 heavy (non-hydrogen) atoms. The lowest BCUT2D eigenvalue weighted by Gasteiger charge is -2.24. The van der Waals surface area contributed by atoms with Gasteiger partial charge >= 0.3 is 6.03 Å². The van der Waals surface area contributed by atoms with E-state index in [0.717, 1.165) is 12.2 Å². The zero-order valence-corrected chi connectivity index (χ0v) is 12.4. The molecule has 0 saturated carbocycles. The maximum atomic E-state index is 12.8. The summed E-state index contributed by atoms with van der Waals surface area (Å²) in [6.45, 7) is 4.86. The fourth-order valence-corrected chi connectivity index (χ4v) is 2.86. The Kier molecular flexibility index (Phi) is 3.65. The lowest BCUT2D eigenvalue weighted by Crippen LogP contribution is -2.36. The van der Waals surface area contributed by atoms with E-state index in [9.17, 15) is 4.79 Å². The number of hydrogen-bond acceptors (Lipinski definition) is 1. The van der Waals surface area contributed by atoms with Crippen LogP contribution in [0.15, 0.2) is 60.7 Å². The van der Waals surface area contributed by atoms with Crippen LogP contribution in [0, 0.1) is 0 Å². The largest absolute Gasteiger partial charge is 0.325 e. The minimum absolute atomic E-state index is 0.0727. The summed E-state index contributed by atoms with van der Waals surface area (Å²) >= 11 is 0. The summed E-state index contributed by atoms with van der Waals surface area (Å²) in [7, 11) is 0. The van der Waals surface area contributed by atoms with Crippen molar-refractivity contribution < 1.29 is 4.79 Å². The van der Waals surface area contributed by atoms with Crippen molar-refractivity contribution in [2.45, 2.75) is 25.9 Å². The van der Waals surface area contributed by atoms with E-state index >= 15 is 0 Å². The molecule has 3 nitrogen and oxygen atoms in total. The van der Waals surface area contributed by atoms with Gasteiger partial charge in [0.25, 0.3) is 0 Å². The molecule has 2 amide bonds. The molecule has 1 atom stereocenters. The Hall–Kier alpha value is -2.29. The van der Waals surface area contributed by atoms with Crippen molar-refractivity contribution in [3.8, 4) is 0 Å². The third-order valence-electron chi connectivity index (χ3n) is 3.98.